The number of carbonyl (C=O) groups is 1. The van der Waals surface area contributed by atoms with Crippen molar-refractivity contribution in [3.8, 4) is 0 Å². The third kappa shape index (κ3) is 6.21. The molecule has 0 heterocycles. The number of Topliss-reactive ketones (excluding diaryl/α,β-unsaturated/α-hetero) is 1. The van der Waals surface area contributed by atoms with Crippen LogP contribution >= 0.6 is 17.0 Å². The molecule has 0 saturated carbocycles. The van der Waals surface area contributed by atoms with Gasteiger partial charge in [-0.2, -0.15) is 0 Å². The van der Waals surface area contributed by atoms with Crippen molar-refractivity contribution in [2.24, 2.45) is 0 Å². The van der Waals surface area contributed by atoms with Crippen LogP contribution in [0.25, 0.3) is 0 Å². The Morgan fingerprint density at radius 3 is 2.18 bits per heavy atom. The molecular weight excluding hydrogens is 338 g/mol. The largest absolute Gasteiger partial charge is 0.309 e. The van der Waals surface area contributed by atoms with Crippen molar-refractivity contribution in [2.45, 2.75) is 57.8 Å². The van der Waals surface area contributed by atoms with Crippen LogP contribution in [0.3, 0.4) is 0 Å². The highest BCUT2D eigenvalue weighted by molar-refractivity contribution is 8.93. The van der Waals surface area contributed by atoms with Gasteiger partial charge in [0.15, 0.2) is 0 Å². The Morgan fingerprint density at radius 2 is 1.68 bits per heavy atom. The Hall–Kier alpha value is -0.670. The molecule has 0 amide bonds. The molecule has 0 aromatic heterocycles. The van der Waals surface area contributed by atoms with Crippen molar-refractivity contribution in [3.63, 3.8) is 0 Å². The topological polar surface area (TPSA) is 20.3 Å². The Morgan fingerprint density at radius 1 is 1.05 bits per heavy atom. The van der Waals surface area contributed by atoms with Gasteiger partial charge in [0.1, 0.15) is 5.78 Å². The number of rotatable bonds is 10. The monoisotopic (exact) mass is 369 g/mol. The second-order valence-corrected chi connectivity index (χ2v) is 6.37. The fraction of sp³-hybridized carbons (Fsp3) is 0.632. The first-order valence-corrected chi connectivity index (χ1v) is 8.24. The van der Waals surface area contributed by atoms with Crippen LogP contribution in [0.15, 0.2) is 30.3 Å². The zero-order chi connectivity index (χ0) is 15.7. The van der Waals surface area contributed by atoms with Gasteiger partial charge in [-0.1, -0.05) is 62.9 Å². The standard InChI is InChI=1S/C19H31NO.BrH/c1-5-6-7-11-14-19(17(2)21,15-16-20(3)4)18-12-9-8-10-13-18;/h8-10,12-13H,5-7,11,14-16H2,1-4H3;1H. The number of nitrogens with zero attached hydrogens (tertiary/aromatic N) is 1. The molecule has 0 bridgehead atoms. The van der Waals surface area contributed by atoms with Crippen LogP contribution in [0.5, 0.6) is 0 Å². The highest BCUT2D eigenvalue weighted by atomic mass is 79.9. The fourth-order valence-electron chi connectivity index (χ4n) is 2.99. The van der Waals surface area contributed by atoms with Crippen LogP contribution in [0, 0.1) is 0 Å². The molecular formula is C19H32BrNO. The molecule has 1 rings (SSSR count). The van der Waals surface area contributed by atoms with Gasteiger partial charge in [-0.05, 0) is 46.0 Å². The van der Waals surface area contributed by atoms with E-state index in [9.17, 15) is 4.79 Å². The molecule has 1 atom stereocenters. The summed E-state index contributed by atoms with van der Waals surface area (Å²) in [6.07, 6.45) is 6.73. The number of benzene rings is 1. The Kier molecular flexibility index (Phi) is 10.6. The fourth-order valence-corrected chi connectivity index (χ4v) is 2.99. The minimum absolute atomic E-state index is 0. The van der Waals surface area contributed by atoms with E-state index in [1.807, 2.05) is 6.07 Å². The van der Waals surface area contributed by atoms with E-state index in [0.717, 1.165) is 25.8 Å². The summed E-state index contributed by atoms with van der Waals surface area (Å²) in [4.78, 5) is 14.7. The maximum absolute atomic E-state index is 12.5. The highest BCUT2D eigenvalue weighted by Crippen LogP contribution is 2.35. The first-order valence-electron chi connectivity index (χ1n) is 8.24. The molecule has 0 radical (unpaired) electrons. The zero-order valence-electron chi connectivity index (χ0n) is 14.6. The summed E-state index contributed by atoms with van der Waals surface area (Å²) in [6, 6.07) is 10.4. The lowest BCUT2D eigenvalue weighted by atomic mass is 9.71. The average Bonchev–Trinajstić information content (AvgIpc) is 2.47. The molecule has 0 fully saturated rings. The summed E-state index contributed by atoms with van der Waals surface area (Å²) in [5.74, 6) is 0.312. The molecule has 0 aliphatic carbocycles. The van der Waals surface area contributed by atoms with Gasteiger partial charge in [-0.25, -0.2) is 0 Å². The van der Waals surface area contributed by atoms with Gasteiger partial charge < -0.3 is 4.90 Å². The van der Waals surface area contributed by atoms with Crippen LogP contribution in [-0.4, -0.2) is 31.3 Å². The van der Waals surface area contributed by atoms with Crippen molar-refractivity contribution in [1.82, 2.24) is 4.90 Å². The van der Waals surface area contributed by atoms with Crippen molar-refractivity contribution < 1.29 is 4.79 Å². The molecule has 2 nitrogen and oxygen atoms in total. The summed E-state index contributed by atoms with van der Waals surface area (Å²) in [7, 11) is 4.15. The molecule has 1 aromatic rings. The maximum Gasteiger partial charge on any atom is 0.140 e. The van der Waals surface area contributed by atoms with Gasteiger partial charge in [-0.15, -0.1) is 17.0 Å². The van der Waals surface area contributed by atoms with E-state index in [1.54, 1.807) is 6.92 Å². The van der Waals surface area contributed by atoms with Crippen LogP contribution in [-0.2, 0) is 10.2 Å². The van der Waals surface area contributed by atoms with Gasteiger partial charge in [0, 0.05) is 0 Å². The van der Waals surface area contributed by atoms with Crippen LogP contribution in [0.2, 0.25) is 0 Å². The van der Waals surface area contributed by atoms with Crippen LogP contribution in [0.1, 0.15) is 57.9 Å². The lowest BCUT2D eigenvalue weighted by Gasteiger charge is -2.33. The molecule has 0 aliphatic rings. The number of carbonyl (C=O) groups excluding carboxylic acids is 1. The quantitative estimate of drug-likeness (QED) is 0.540. The second kappa shape index (κ2) is 11.0. The van der Waals surface area contributed by atoms with Gasteiger partial charge in [0.25, 0.3) is 0 Å². The second-order valence-electron chi connectivity index (χ2n) is 6.37. The van der Waals surface area contributed by atoms with Gasteiger partial charge >= 0.3 is 0 Å². The van der Waals surface area contributed by atoms with Crippen LogP contribution in [0.4, 0.5) is 0 Å². The molecule has 1 aromatic carbocycles. The number of hydrogen-bond acceptors (Lipinski definition) is 2. The minimum atomic E-state index is -0.306. The van der Waals surface area contributed by atoms with Crippen molar-refractivity contribution in [3.05, 3.63) is 35.9 Å². The number of ketones is 1. The SMILES string of the molecule is Br.CCCCCCC(CCN(C)C)(C(C)=O)c1ccccc1. The highest BCUT2D eigenvalue weighted by Gasteiger charge is 2.36. The average molecular weight is 370 g/mol. The molecule has 0 spiro atoms. The molecule has 22 heavy (non-hydrogen) atoms. The third-order valence-electron chi connectivity index (χ3n) is 4.44. The minimum Gasteiger partial charge on any atom is -0.309 e. The van der Waals surface area contributed by atoms with E-state index in [1.165, 1.54) is 24.8 Å². The Labute approximate surface area is 147 Å². The zero-order valence-corrected chi connectivity index (χ0v) is 16.3. The summed E-state index contributed by atoms with van der Waals surface area (Å²) in [5, 5.41) is 0. The van der Waals surface area contributed by atoms with Crippen molar-refractivity contribution in [1.29, 1.82) is 0 Å². The smallest absolute Gasteiger partial charge is 0.140 e. The predicted octanol–water partition coefficient (Wildman–Crippen LogP) is 5.01. The normalized spacial score (nSPS) is 13.5. The Bertz CT molecular complexity index is 419. The third-order valence-corrected chi connectivity index (χ3v) is 4.44. The van der Waals surface area contributed by atoms with Crippen molar-refractivity contribution in [2.75, 3.05) is 20.6 Å². The molecule has 1 unspecified atom stereocenters. The van der Waals surface area contributed by atoms with Gasteiger partial charge in [-0.3, -0.25) is 4.79 Å². The van der Waals surface area contributed by atoms with Gasteiger partial charge in [0.2, 0.25) is 0 Å². The summed E-state index contributed by atoms with van der Waals surface area (Å²) < 4.78 is 0. The van der Waals surface area contributed by atoms with E-state index in [0.29, 0.717) is 5.78 Å². The van der Waals surface area contributed by atoms with E-state index < -0.39 is 0 Å². The maximum atomic E-state index is 12.5. The number of halogens is 1. The summed E-state index contributed by atoms with van der Waals surface area (Å²) in [5.41, 5.74) is 0.884. The summed E-state index contributed by atoms with van der Waals surface area (Å²) >= 11 is 0. The molecule has 3 heteroatoms. The van der Waals surface area contributed by atoms with E-state index in [2.05, 4.69) is 50.2 Å². The Balaban J connectivity index is 0.00000441. The van der Waals surface area contributed by atoms with E-state index in [4.69, 9.17) is 0 Å². The van der Waals surface area contributed by atoms with E-state index in [-0.39, 0.29) is 22.4 Å². The molecule has 0 aliphatic heterocycles. The first kappa shape index (κ1) is 21.3. The number of hydrogen-bond donors (Lipinski definition) is 0. The van der Waals surface area contributed by atoms with E-state index >= 15 is 0 Å². The number of unbranched alkanes of at least 4 members (excludes halogenated alkanes) is 3. The summed E-state index contributed by atoms with van der Waals surface area (Å²) in [6.45, 7) is 4.94. The lowest BCUT2D eigenvalue weighted by molar-refractivity contribution is -0.123. The lowest BCUT2D eigenvalue weighted by Crippen LogP contribution is -2.37. The van der Waals surface area contributed by atoms with Crippen LogP contribution < -0.4 is 0 Å². The molecule has 0 N–H and O–H groups in total. The predicted molar refractivity (Wildman–Crippen MR) is 101 cm³/mol. The molecule has 0 saturated heterocycles. The van der Waals surface area contributed by atoms with Crippen molar-refractivity contribution >= 4 is 22.8 Å². The van der Waals surface area contributed by atoms with Gasteiger partial charge in [0.05, 0.1) is 5.41 Å². The first-order chi connectivity index (χ1) is 10.0. The molecule has 126 valence electrons.